The van der Waals surface area contributed by atoms with Crippen LogP contribution < -0.4 is 10.6 Å². The Morgan fingerprint density at radius 1 is 1.38 bits per heavy atom. The summed E-state index contributed by atoms with van der Waals surface area (Å²) in [6, 6.07) is 8.61. The molecule has 0 bridgehead atoms. The van der Waals surface area contributed by atoms with E-state index in [4.69, 9.17) is 0 Å². The van der Waals surface area contributed by atoms with Crippen molar-refractivity contribution in [3.8, 4) is 0 Å². The fourth-order valence-corrected chi connectivity index (χ4v) is 3.43. The van der Waals surface area contributed by atoms with Gasteiger partial charge < -0.3 is 10.6 Å². The molecule has 2 aromatic rings. The van der Waals surface area contributed by atoms with E-state index in [-0.39, 0.29) is 12.1 Å². The maximum atomic E-state index is 12.0. The SMILES string of the molecule is Cc1ncsc1CNC(=O)N[C@H]1CCc2ccccc2C1. The minimum atomic E-state index is -0.0906. The highest BCUT2D eigenvalue weighted by atomic mass is 32.1. The highest BCUT2D eigenvalue weighted by Crippen LogP contribution is 2.21. The van der Waals surface area contributed by atoms with E-state index >= 15 is 0 Å². The van der Waals surface area contributed by atoms with Crippen molar-refractivity contribution in [2.45, 2.75) is 38.8 Å². The summed E-state index contributed by atoms with van der Waals surface area (Å²) in [6.45, 7) is 2.51. The molecule has 0 unspecified atom stereocenters. The van der Waals surface area contributed by atoms with Gasteiger partial charge in [0.2, 0.25) is 0 Å². The van der Waals surface area contributed by atoms with Gasteiger partial charge in [0.1, 0.15) is 0 Å². The van der Waals surface area contributed by atoms with E-state index in [2.05, 4.69) is 39.9 Å². The lowest BCUT2D eigenvalue weighted by Gasteiger charge is -2.25. The van der Waals surface area contributed by atoms with Gasteiger partial charge in [0.15, 0.2) is 0 Å². The van der Waals surface area contributed by atoms with Gasteiger partial charge in [-0.15, -0.1) is 11.3 Å². The molecule has 0 spiro atoms. The standard InChI is InChI=1S/C16H19N3OS/c1-11-15(21-10-18-11)9-17-16(20)19-14-7-6-12-4-2-3-5-13(12)8-14/h2-5,10,14H,6-9H2,1H3,(H2,17,19,20)/t14-/m0/s1. The number of urea groups is 1. The van der Waals surface area contributed by atoms with Crippen molar-refractivity contribution >= 4 is 17.4 Å². The first-order valence-corrected chi connectivity index (χ1v) is 8.10. The molecular weight excluding hydrogens is 282 g/mol. The van der Waals surface area contributed by atoms with Crippen LogP contribution in [0.2, 0.25) is 0 Å². The van der Waals surface area contributed by atoms with Crippen molar-refractivity contribution in [3.05, 3.63) is 51.5 Å². The van der Waals surface area contributed by atoms with Crippen molar-refractivity contribution in [2.24, 2.45) is 0 Å². The van der Waals surface area contributed by atoms with E-state index in [1.54, 1.807) is 11.3 Å². The van der Waals surface area contributed by atoms with Crippen molar-refractivity contribution in [2.75, 3.05) is 0 Å². The predicted octanol–water partition coefficient (Wildman–Crippen LogP) is 2.81. The Morgan fingerprint density at radius 2 is 2.19 bits per heavy atom. The molecule has 110 valence electrons. The van der Waals surface area contributed by atoms with Gasteiger partial charge in [-0.25, -0.2) is 9.78 Å². The van der Waals surface area contributed by atoms with E-state index in [9.17, 15) is 4.79 Å². The molecule has 1 heterocycles. The predicted molar refractivity (Wildman–Crippen MR) is 84.5 cm³/mol. The normalized spacial score (nSPS) is 17.1. The summed E-state index contributed by atoms with van der Waals surface area (Å²) in [5.41, 5.74) is 5.57. The molecule has 4 nitrogen and oxygen atoms in total. The van der Waals surface area contributed by atoms with Gasteiger partial charge >= 0.3 is 6.03 Å². The number of carbonyl (C=O) groups is 1. The zero-order valence-corrected chi connectivity index (χ0v) is 12.9. The third-order valence-electron chi connectivity index (χ3n) is 3.94. The second-order valence-electron chi connectivity index (χ2n) is 5.40. The maximum Gasteiger partial charge on any atom is 0.315 e. The largest absolute Gasteiger partial charge is 0.335 e. The number of amides is 2. The third-order valence-corrected chi connectivity index (χ3v) is 4.87. The number of nitrogens with one attached hydrogen (secondary N) is 2. The Labute approximate surface area is 128 Å². The summed E-state index contributed by atoms with van der Waals surface area (Å²) < 4.78 is 0. The minimum Gasteiger partial charge on any atom is -0.335 e. The van der Waals surface area contributed by atoms with Crippen LogP contribution >= 0.6 is 11.3 Å². The molecule has 0 aliphatic heterocycles. The van der Waals surface area contributed by atoms with Crippen LogP contribution in [-0.4, -0.2) is 17.1 Å². The van der Waals surface area contributed by atoms with Crippen LogP contribution in [0.25, 0.3) is 0 Å². The Hall–Kier alpha value is -1.88. The number of nitrogens with zero attached hydrogens (tertiary/aromatic N) is 1. The average Bonchev–Trinajstić information content (AvgIpc) is 2.90. The number of hydrogen-bond donors (Lipinski definition) is 2. The topological polar surface area (TPSA) is 54.0 Å². The Kier molecular flexibility index (Phi) is 4.20. The number of rotatable bonds is 3. The van der Waals surface area contributed by atoms with Gasteiger partial charge in [-0.3, -0.25) is 0 Å². The monoisotopic (exact) mass is 301 g/mol. The number of fused-ring (bicyclic) bond motifs is 1. The molecule has 1 aliphatic rings. The molecule has 1 aromatic carbocycles. The molecule has 0 radical (unpaired) electrons. The number of aromatic nitrogens is 1. The van der Waals surface area contributed by atoms with Crippen LogP contribution in [-0.2, 0) is 19.4 Å². The summed E-state index contributed by atoms with van der Waals surface area (Å²) >= 11 is 1.57. The zero-order valence-electron chi connectivity index (χ0n) is 12.1. The van der Waals surface area contributed by atoms with Gasteiger partial charge in [-0.05, 0) is 37.3 Å². The van der Waals surface area contributed by atoms with E-state index in [0.29, 0.717) is 6.54 Å². The van der Waals surface area contributed by atoms with Gasteiger partial charge in [-0.2, -0.15) is 0 Å². The second-order valence-corrected chi connectivity index (χ2v) is 6.34. The number of thiazole rings is 1. The highest BCUT2D eigenvalue weighted by Gasteiger charge is 2.19. The third kappa shape index (κ3) is 3.42. The van der Waals surface area contributed by atoms with Crippen LogP contribution in [0.5, 0.6) is 0 Å². The van der Waals surface area contributed by atoms with Crippen LogP contribution in [0, 0.1) is 6.92 Å². The number of carbonyl (C=O) groups excluding carboxylic acids is 1. The summed E-state index contributed by atoms with van der Waals surface area (Å²) in [7, 11) is 0. The second kappa shape index (κ2) is 6.26. The fourth-order valence-electron chi connectivity index (χ4n) is 2.71. The Morgan fingerprint density at radius 3 is 2.95 bits per heavy atom. The van der Waals surface area contributed by atoms with E-state index in [0.717, 1.165) is 29.8 Å². The molecule has 2 N–H and O–H groups in total. The quantitative estimate of drug-likeness (QED) is 0.916. The molecule has 1 atom stereocenters. The minimum absolute atomic E-state index is 0.0906. The molecule has 0 saturated carbocycles. The molecule has 1 aromatic heterocycles. The average molecular weight is 301 g/mol. The van der Waals surface area contributed by atoms with E-state index in [1.165, 1.54) is 11.1 Å². The van der Waals surface area contributed by atoms with Crippen LogP contribution in [0.15, 0.2) is 29.8 Å². The lowest BCUT2D eigenvalue weighted by atomic mass is 9.88. The summed E-state index contributed by atoms with van der Waals surface area (Å²) in [6.07, 6.45) is 2.96. The molecule has 21 heavy (non-hydrogen) atoms. The lowest BCUT2D eigenvalue weighted by Crippen LogP contribution is -2.44. The maximum absolute atomic E-state index is 12.0. The Bertz CT molecular complexity index is 638. The highest BCUT2D eigenvalue weighted by molar-refractivity contribution is 7.09. The van der Waals surface area contributed by atoms with E-state index in [1.807, 2.05) is 12.4 Å². The lowest BCUT2D eigenvalue weighted by molar-refractivity contribution is 0.235. The van der Waals surface area contributed by atoms with E-state index < -0.39 is 0 Å². The first kappa shape index (κ1) is 14.1. The first-order valence-electron chi connectivity index (χ1n) is 7.22. The van der Waals surface area contributed by atoms with Gasteiger partial charge in [-0.1, -0.05) is 24.3 Å². The number of aryl methyl sites for hydroxylation is 2. The van der Waals surface area contributed by atoms with Gasteiger partial charge in [0.25, 0.3) is 0 Å². The van der Waals surface area contributed by atoms with Crippen molar-refractivity contribution in [1.29, 1.82) is 0 Å². The first-order chi connectivity index (χ1) is 10.2. The van der Waals surface area contributed by atoms with Gasteiger partial charge in [0, 0.05) is 10.9 Å². The summed E-state index contributed by atoms with van der Waals surface area (Å²) in [5, 5.41) is 5.99. The molecule has 2 amide bonds. The van der Waals surface area contributed by atoms with Crippen molar-refractivity contribution < 1.29 is 4.79 Å². The summed E-state index contributed by atoms with van der Waals surface area (Å²) in [4.78, 5) is 17.3. The number of benzene rings is 1. The molecule has 0 saturated heterocycles. The van der Waals surface area contributed by atoms with Crippen LogP contribution in [0.3, 0.4) is 0 Å². The summed E-state index contributed by atoms with van der Waals surface area (Å²) in [5.74, 6) is 0. The smallest absolute Gasteiger partial charge is 0.315 e. The van der Waals surface area contributed by atoms with Gasteiger partial charge in [0.05, 0.1) is 17.7 Å². The van der Waals surface area contributed by atoms with Crippen LogP contribution in [0.1, 0.15) is 28.1 Å². The van der Waals surface area contributed by atoms with Crippen molar-refractivity contribution in [1.82, 2.24) is 15.6 Å². The Balaban J connectivity index is 1.51. The van der Waals surface area contributed by atoms with Crippen LogP contribution in [0.4, 0.5) is 4.79 Å². The fraction of sp³-hybridized carbons (Fsp3) is 0.375. The molecule has 3 rings (SSSR count). The molecular formula is C16H19N3OS. The molecule has 1 aliphatic carbocycles. The van der Waals surface area contributed by atoms with Crippen molar-refractivity contribution in [3.63, 3.8) is 0 Å². The molecule has 0 fully saturated rings. The zero-order chi connectivity index (χ0) is 14.7. The number of hydrogen-bond acceptors (Lipinski definition) is 3. The molecule has 5 heteroatoms.